The van der Waals surface area contributed by atoms with Gasteiger partial charge in [-0.25, -0.2) is 4.98 Å². The van der Waals surface area contributed by atoms with Crippen molar-refractivity contribution in [1.29, 1.82) is 0 Å². The lowest BCUT2D eigenvalue weighted by Crippen LogP contribution is -2.37. The number of amides is 1. The summed E-state index contributed by atoms with van der Waals surface area (Å²) in [5.74, 6) is -0.419. The summed E-state index contributed by atoms with van der Waals surface area (Å²) in [5.41, 5.74) is 4.95. The summed E-state index contributed by atoms with van der Waals surface area (Å²) in [6.45, 7) is 9.58. The standard InChI is InChI=1S/C23H27N5O4S/c1-4-7-27-15(2)12-18(16(27)3)20-14-33-23(24-20)25-22(29)19-13-17(28(30)31)5-6-21(19)26-8-10-32-11-9-26/h5-6,12-14H,4,7-11H2,1-3H3,(H,24,25,29). The highest BCUT2D eigenvalue weighted by Gasteiger charge is 2.23. The van der Waals surface area contributed by atoms with Crippen LogP contribution >= 0.6 is 11.3 Å². The van der Waals surface area contributed by atoms with Crippen LogP contribution in [0.2, 0.25) is 0 Å². The highest BCUT2D eigenvalue weighted by molar-refractivity contribution is 7.14. The number of hydrogen-bond donors (Lipinski definition) is 1. The Hall–Kier alpha value is -3.24. The first kappa shape index (κ1) is 22.9. The third kappa shape index (κ3) is 4.76. The minimum Gasteiger partial charge on any atom is -0.378 e. The number of nitrogens with one attached hydrogen (secondary N) is 1. The van der Waals surface area contributed by atoms with Crippen LogP contribution in [-0.2, 0) is 11.3 Å². The van der Waals surface area contributed by atoms with Crippen LogP contribution < -0.4 is 10.2 Å². The van der Waals surface area contributed by atoms with Crippen LogP contribution in [0.3, 0.4) is 0 Å². The zero-order chi connectivity index (χ0) is 23.5. The van der Waals surface area contributed by atoms with E-state index in [9.17, 15) is 14.9 Å². The van der Waals surface area contributed by atoms with Crippen LogP contribution in [0, 0.1) is 24.0 Å². The molecule has 0 spiro atoms. The fourth-order valence-corrected chi connectivity index (χ4v) is 4.85. The highest BCUT2D eigenvalue weighted by Crippen LogP contribution is 2.32. The van der Waals surface area contributed by atoms with Crippen molar-refractivity contribution in [3.05, 3.63) is 56.7 Å². The van der Waals surface area contributed by atoms with Gasteiger partial charge in [0.05, 0.1) is 35.1 Å². The predicted octanol–water partition coefficient (Wildman–Crippen LogP) is 4.64. The maximum absolute atomic E-state index is 13.2. The molecule has 1 N–H and O–H groups in total. The van der Waals surface area contributed by atoms with E-state index in [0.717, 1.165) is 29.9 Å². The summed E-state index contributed by atoms with van der Waals surface area (Å²) in [7, 11) is 0. The van der Waals surface area contributed by atoms with Crippen molar-refractivity contribution >= 4 is 33.8 Å². The molecule has 0 bridgehead atoms. The third-order valence-electron chi connectivity index (χ3n) is 5.81. The van der Waals surface area contributed by atoms with Gasteiger partial charge in [-0.2, -0.15) is 0 Å². The van der Waals surface area contributed by atoms with Crippen LogP contribution in [0.4, 0.5) is 16.5 Å². The van der Waals surface area contributed by atoms with Crippen LogP contribution in [0.5, 0.6) is 0 Å². The van der Waals surface area contributed by atoms with Gasteiger partial charge in [-0.15, -0.1) is 11.3 Å². The van der Waals surface area contributed by atoms with E-state index in [0.29, 0.717) is 37.1 Å². The van der Waals surface area contributed by atoms with Crippen molar-refractivity contribution in [3.63, 3.8) is 0 Å². The number of rotatable bonds is 7. The number of aromatic nitrogens is 2. The number of ether oxygens (including phenoxy) is 1. The van der Waals surface area contributed by atoms with Crippen LogP contribution in [0.25, 0.3) is 11.3 Å². The monoisotopic (exact) mass is 469 g/mol. The van der Waals surface area contributed by atoms with Gasteiger partial charge in [0.25, 0.3) is 11.6 Å². The molecule has 1 amide bonds. The Bertz CT molecular complexity index is 1180. The second kappa shape index (κ2) is 9.72. The number of aryl methyl sites for hydroxylation is 1. The summed E-state index contributed by atoms with van der Waals surface area (Å²) < 4.78 is 7.67. The topological polar surface area (TPSA) is 103 Å². The summed E-state index contributed by atoms with van der Waals surface area (Å²) in [4.78, 5) is 30.6. The van der Waals surface area contributed by atoms with Crippen LogP contribution in [0.1, 0.15) is 35.1 Å². The second-order valence-electron chi connectivity index (χ2n) is 7.99. The zero-order valence-corrected chi connectivity index (χ0v) is 19.8. The highest BCUT2D eigenvalue weighted by atomic mass is 32.1. The smallest absolute Gasteiger partial charge is 0.270 e. The molecule has 0 unspecified atom stereocenters. The Morgan fingerprint density at radius 2 is 2.03 bits per heavy atom. The molecule has 0 saturated carbocycles. The van der Waals surface area contributed by atoms with Gasteiger partial charge < -0.3 is 14.2 Å². The summed E-state index contributed by atoms with van der Waals surface area (Å²) in [6.07, 6.45) is 1.04. The van der Waals surface area contributed by atoms with E-state index in [1.807, 2.05) is 10.3 Å². The first-order chi connectivity index (χ1) is 15.9. The van der Waals surface area contributed by atoms with Crippen molar-refractivity contribution < 1.29 is 14.5 Å². The molecule has 1 fully saturated rings. The fourth-order valence-electron chi connectivity index (χ4n) is 4.15. The Morgan fingerprint density at radius 3 is 2.73 bits per heavy atom. The molecule has 4 rings (SSSR count). The maximum Gasteiger partial charge on any atom is 0.270 e. The van der Waals surface area contributed by atoms with Gasteiger partial charge in [0.15, 0.2) is 5.13 Å². The Kier molecular flexibility index (Phi) is 6.75. The minimum absolute atomic E-state index is 0.125. The fraction of sp³-hybridized carbons (Fsp3) is 0.391. The van der Waals surface area contributed by atoms with Crippen molar-refractivity contribution in [2.45, 2.75) is 33.7 Å². The molecule has 3 heterocycles. The number of non-ortho nitro benzene ring substituents is 1. The molecule has 3 aromatic rings. The molecule has 33 heavy (non-hydrogen) atoms. The molecule has 174 valence electrons. The molecule has 0 aliphatic carbocycles. The van der Waals surface area contributed by atoms with Gasteiger partial charge >= 0.3 is 0 Å². The van der Waals surface area contributed by atoms with Crippen molar-refractivity contribution in [1.82, 2.24) is 9.55 Å². The SMILES string of the molecule is CCCn1c(C)cc(-c2csc(NC(=O)c3cc([N+](=O)[O-])ccc3N3CCOCC3)n2)c1C. The van der Waals surface area contributed by atoms with Crippen LogP contribution in [-0.4, -0.2) is 46.7 Å². The Balaban J connectivity index is 1.60. The quantitative estimate of drug-likeness (QED) is 0.400. The second-order valence-corrected chi connectivity index (χ2v) is 8.84. The van der Waals surface area contributed by atoms with Crippen molar-refractivity contribution in [2.24, 2.45) is 0 Å². The van der Waals surface area contributed by atoms with E-state index in [2.05, 4.69) is 41.7 Å². The normalized spacial score (nSPS) is 13.8. The third-order valence-corrected chi connectivity index (χ3v) is 6.57. The number of nitro groups is 1. The summed E-state index contributed by atoms with van der Waals surface area (Å²) in [5, 5.41) is 16.5. The lowest BCUT2D eigenvalue weighted by atomic mass is 10.1. The minimum atomic E-state index is -0.493. The molecule has 2 aromatic heterocycles. The molecule has 1 aromatic carbocycles. The van der Waals surface area contributed by atoms with E-state index in [1.165, 1.54) is 29.2 Å². The van der Waals surface area contributed by atoms with Gasteiger partial charge in [0, 0.05) is 54.1 Å². The molecule has 1 saturated heterocycles. The van der Waals surface area contributed by atoms with E-state index in [4.69, 9.17) is 4.74 Å². The Morgan fingerprint density at radius 1 is 1.27 bits per heavy atom. The summed E-state index contributed by atoms with van der Waals surface area (Å²) in [6, 6.07) is 6.50. The van der Waals surface area contributed by atoms with E-state index < -0.39 is 10.8 Å². The molecule has 1 aliphatic heterocycles. The molecular weight excluding hydrogens is 442 g/mol. The zero-order valence-electron chi connectivity index (χ0n) is 19.0. The van der Waals surface area contributed by atoms with Crippen LogP contribution in [0.15, 0.2) is 29.6 Å². The molecular formula is C23H27N5O4S. The van der Waals surface area contributed by atoms with Gasteiger partial charge in [-0.3, -0.25) is 20.2 Å². The Labute approximate surface area is 196 Å². The number of morpholine rings is 1. The number of benzene rings is 1. The number of carbonyl (C=O) groups is 1. The number of hydrogen-bond acceptors (Lipinski definition) is 7. The predicted molar refractivity (Wildman–Crippen MR) is 129 cm³/mol. The van der Waals surface area contributed by atoms with Gasteiger partial charge in [0.1, 0.15) is 0 Å². The number of thiazole rings is 1. The maximum atomic E-state index is 13.2. The van der Waals surface area contributed by atoms with E-state index in [-0.39, 0.29) is 11.3 Å². The van der Waals surface area contributed by atoms with E-state index in [1.54, 1.807) is 6.07 Å². The molecule has 1 aliphatic rings. The number of carbonyl (C=O) groups excluding carboxylic acids is 1. The first-order valence-electron chi connectivity index (χ1n) is 10.9. The lowest BCUT2D eigenvalue weighted by Gasteiger charge is -2.30. The molecule has 0 atom stereocenters. The molecule has 0 radical (unpaired) electrons. The number of nitro benzene ring substituents is 1. The van der Waals surface area contributed by atoms with Gasteiger partial charge in [-0.1, -0.05) is 6.92 Å². The summed E-state index contributed by atoms with van der Waals surface area (Å²) >= 11 is 1.34. The largest absolute Gasteiger partial charge is 0.378 e. The number of anilines is 2. The van der Waals surface area contributed by atoms with Gasteiger partial charge in [-0.05, 0) is 32.4 Å². The average molecular weight is 470 g/mol. The number of nitrogens with zero attached hydrogens (tertiary/aromatic N) is 4. The first-order valence-corrected chi connectivity index (χ1v) is 11.8. The lowest BCUT2D eigenvalue weighted by molar-refractivity contribution is -0.384. The van der Waals surface area contributed by atoms with Crippen molar-refractivity contribution in [2.75, 3.05) is 36.5 Å². The van der Waals surface area contributed by atoms with E-state index >= 15 is 0 Å². The average Bonchev–Trinajstić information content (AvgIpc) is 3.38. The van der Waals surface area contributed by atoms with Gasteiger partial charge in [0.2, 0.25) is 0 Å². The van der Waals surface area contributed by atoms with Crippen molar-refractivity contribution in [3.8, 4) is 11.3 Å². The molecule has 9 nitrogen and oxygen atoms in total. The molecule has 10 heteroatoms.